The predicted molar refractivity (Wildman–Crippen MR) is 155 cm³/mol. The van der Waals surface area contributed by atoms with Crippen molar-refractivity contribution in [3.05, 3.63) is 86.7 Å². The van der Waals surface area contributed by atoms with Crippen molar-refractivity contribution in [2.45, 2.75) is 19.9 Å². The Morgan fingerprint density at radius 1 is 1.23 bits per heavy atom. The van der Waals surface area contributed by atoms with Crippen LogP contribution in [0, 0.1) is 0 Å². The molecule has 2 aromatic carbocycles. The van der Waals surface area contributed by atoms with Crippen LogP contribution in [-0.4, -0.2) is 36.4 Å². The second kappa shape index (κ2) is 12.9. The summed E-state index contributed by atoms with van der Waals surface area (Å²) in [5, 5.41) is 10.9. The fourth-order valence-corrected chi connectivity index (χ4v) is 4.53. The topological polar surface area (TPSA) is 114 Å². The van der Waals surface area contributed by atoms with E-state index >= 15 is 0 Å². The van der Waals surface area contributed by atoms with Crippen LogP contribution in [0.1, 0.15) is 31.2 Å². The quantitative estimate of drug-likeness (QED) is 0.127. The summed E-state index contributed by atoms with van der Waals surface area (Å²) in [7, 11) is 0. The van der Waals surface area contributed by atoms with Gasteiger partial charge in [-0.2, -0.15) is 5.10 Å². The molecule has 2 heterocycles. The maximum Gasteiger partial charge on any atom is 0.338 e. The first kappa shape index (κ1) is 28.3. The maximum absolute atomic E-state index is 12.7. The van der Waals surface area contributed by atoms with Gasteiger partial charge in [0.1, 0.15) is 17.3 Å². The van der Waals surface area contributed by atoms with Crippen molar-refractivity contribution < 1.29 is 23.5 Å². The highest BCUT2D eigenvalue weighted by Gasteiger charge is 2.32. The molecule has 0 saturated heterocycles. The highest BCUT2D eigenvalue weighted by atomic mass is 79.9. The van der Waals surface area contributed by atoms with Crippen molar-refractivity contribution in [2.75, 3.05) is 13.2 Å². The van der Waals surface area contributed by atoms with Crippen molar-refractivity contribution in [3.63, 3.8) is 0 Å². The summed E-state index contributed by atoms with van der Waals surface area (Å²) in [6, 6.07) is 15.4. The van der Waals surface area contributed by atoms with E-state index in [4.69, 9.17) is 37.7 Å². The molecule has 1 aliphatic rings. The van der Waals surface area contributed by atoms with Crippen molar-refractivity contribution in [1.82, 2.24) is 16.1 Å². The molecule has 1 amide bonds. The van der Waals surface area contributed by atoms with Crippen molar-refractivity contribution >= 4 is 63.0 Å². The highest BCUT2D eigenvalue weighted by molar-refractivity contribution is 9.10. The highest BCUT2D eigenvalue weighted by Crippen LogP contribution is 2.34. The molecule has 39 heavy (non-hydrogen) atoms. The van der Waals surface area contributed by atoms with E-state index < -0.39 is 17.9 Å². The smallest absolute Gasteiger partial charge is 0.338 e. The monoisotopic (exact) mass is 630 g/mol. The number of furan rings is 1. The van der Waals surface area contributed by atoms with E-state index in [1.54, 1.807) is 56.3 Å². The first-order chi connectivity index (χ1) is 18.8. The Labute approximate surface area is 243 Å². The van der Waals surface area contributed by atoms with Gasteiger partial charge in [-0.05, 0) is 72.3 Å². The Kier molecular flexibility index (Phi) is 9.39. The van der Waals surface area contributed by atoms with Gasteiger partial charge in [-0.1, -0.05) is 35.9 Å². The molecule has 4 rings (SSSR count). The van der Waals surface area contributed by atoms with Crippen LogP contribution in [0.4, 0.5) is 0 Å². The number of halogens is 2. The summed E-state index contributed by atoms with van der Waals surface area (Å²) in [5.74, 6) is 0.483. The van der Waals surface area contributed by atoms with Gasteiger partial charge in [0.25, 0.3) is 5.91 Å². The molecule has 1 aliphatic heterocycles. The van der Waals surface area contributed by atoms with Crippen LogP contribution in [0.2, 0.25) is 5.02 Å². The molecule has 9 nitrogen and oxygen atoms in total. The third-order valence-electron chi connectivity index (χ3n) is 5.57. The number of rotatable bonds is 9. The number of carbonyl (C=O) groups excluding carboxylic acids is 2. The van der Waals surface area contributed by atoms with Crippen LogP contribution >= 0.6 is 39.7 Å². The van der Waals surface area contributed by atoms with Gasteiger partial charge in [0.15, 0.2) is 11.7 Å². The first-order valence-electron chi connectivity index (χ1n) is 11.8. The number of para-hydroxylation sites is 1. The molecule has 0 spiro atoms. The largest absolute Gasteiger partial charge is 0.483 e. The number of allylic oxidation sites excluding steroid dienone is 1. The number of esters is 1. The molecular weight excluding hydrogens is 608 g/mol. The summed E-state index contributed by atoms with van der Waals surface area (Å²) < 4.78 is 17.6. The Morgan fingerprint density at radius 2 is 2.03 bits per heavy atom. The molecule has 0 unspecified atom stereocenters. The van der Waals surface area contributed by atoms with E-state index in [-0.39, 0.29) is 13.2 Å². The molecule has 0 bridgehead atoms. The Hall–Kier alpha value is -3.67. The zero-order valence-electron chi connectivity index (χ0n) is 20.9. The molecule has 202 valence electrons. The van der Waals surface area contributed by atoms with Crippen molar-refractivity contribution in [1.29, 1.82) is 0 Å². The molecule has 0 aliphatic carbocycles. The number of benzene rings is 2. The lowest BCUT2D eigenvalue weighted by Crippen LogP contribution is -2.45. The maximum atomic E-state index is 12.7. The number of hydrogen-bond acceptors (Lipinski definition) is 7. The lowest BCUT2D eigenvalue weighted by molar-refractivity contribution is -0.139. The van der Waals surface area contributed by atoms with Crippen LogP contribution in [0.25, 0.3) is 11.3 Å². The second-order valence-electron chi connectivity index (χ2n) is 8.24. The zero-order valence-corrected chi connectivity index (χ0v) is 24.1. The van der Waals surface area contributed by atoms with Crippen LogP contribution < -0.4 is 20.8 Å². The van der Waals surface area contributed by atoms with Gasteiger partial charge in [0.05, 0.1) is 29.5 Å². The van der Waals surface area contributed by atoms with Crippen LogP contribution in [0.5, 0.6) is 5.75 Å². The number of nitrogens with zero attached hydrogens (tertiary/aromatic N) is 1. The zero-order chi connectivity index (χ0) is 27.9. The molecule has 12 heteroatoms. The number of hydrogen-bond donors (Lipinski definition) is 3. The summed E-state index contributed by atoms with van der Waals surface area (Å²) in [6.45, 7) is 3.39. The molecule has 1 aromatic heterocycles. The minimum Gasteiger partial charge on any atom is -0.483 e. The molecule has 0 radical (unpaired) electrons. The van der Waals surface area contributed by atoms with E-state index in [9.17, 15) is 9.59 Å². The lowest BCUT2D eigenvalue weighted by Gasteiger charge is -2.30. The van der Waals surface area contributed by atoms with E-state index in [0.29, 0.717) is 44.2 Å². The second-order valence-corrected chi connectivity index (χ2v) is 9.91. The average molecular weight is 632 g/mol. The van der Waals surface area contributed by atoms with E-state index in [1.807, 2.05) is 12.1 Å². The number of thiocarbonyl (C=S) groups is 1. The summed E-state index contributed by atoms with van der Waals surface area (Å²) >= 11 is 14.8. The molecular formula is C27H24BrClN4O5S. The van der Waals surface area contributed by atoms with Crippen LogP contribution in [-0.2, 0) is 14.3 Å². The Bertz CT molecular complexity index is 1470. The van der Waals surface area contributed by atoms with E-state index in [1.165, 1.54) is 6.21 Å². The SMILES string of the molecule is CCOC(=O)C1=C(C)NC(=S)N[C@@H]1c1ccccc1OCC(=O)NN=Cc1ccc(-c2ccc(Br)c(Cl)c2)o1. The molecule has 3 N–H and O–H groups in total. The Morgan fingerprint density at radius 3 is 2.79 bits per heavy atom. The van der Waals surface area contributed by atoms with Gasteiger partial charge in [-0.15, -0.1) is 0 Å². The first-order valence-corrected chi connectivity index (χ1v) is 13.4. The van der Waals surface area contributed by atoms with Gasteiger partial charge in [0, 0.05) is 21.3 Å². The van der Waals surface area contributed by atoms with E-state index in [2.05, 4.69) is 37.1 Å². The minimum atomic E-state index is -0.621. The fraction of sp³-hybridized carbons (Fsp3) is 0.185. The number of ether oxygens (including phenoxy) is 2. The summed E-state index contributed by atoms with van der Waals surface area (Å²) in [6.07, 6.45) is 1.38. The fourth-order valence-electron chi connectivity index (χ4n) is 3.83. The normalized spacial score (nSPS) is 15.1. The number of amides is 1. The standard InChI is InChI=1S/C27H24BrClN4O5S/c1-3-36-26(35)24-15(2)31-27(39)32-25(24)18-6-4-5-7-22(18)37-14-23(34)33-30-13-17-9-11-21(38-17)16-8-10-19(28)20(29)12-16/h4-13,25H,3,14H2,1-2H3,(H,33,34)(H2,31,32,39)/t25-/m1/s1. The molecule has 3 aromatic rings. The lowest BCUT2D eigenvalue weighted by atomic mass is 9.95. The average Bonchev–Trinajstić information content (AvgIpc) is 3.38. The predicted octanol–water partition coefficient (Wildman–Crippen LogP) is 5.25. The molecule has 1 atom stereocenters. The Balaban J connectivity index is 1.40. The molecule has 0 saturated carbocycles. The van der Waals surface area contributed by atoms with Crippen molar-refractivity contribution in [2.24, 2.45) is 5.10 Å². The summed E-state index contributed by atoms with van der Waals surface area (Å²) in [5.41, 5.74) is 4.79. The molecule has 0 fully saturated rings. The van der Waals surface area contributed by atoms with Gasteiger partial charge in [-0.3, -0.25) is 4.79 Å². The van der Waals surface area contributed by atoms with Gasteiger partial charge >= 0.3 is 5.97 Å². The van der Waals surface area contributed by atoms with Crippen molar-refractivity contribution in [3.8, 4) is 17.1 Å². The summed E-state index contributed by atoms with van der Waals surface area (Å²) in [4.78, 5) is 25.1. The van der Waals surface area contributed by atoms with E-state index in [0.717, 1.165) is 10.0 Å². The van der Waals surface area contributed by atoms with Crippen LogP contribution in [0.15, 0.2) is 79.9 Å². The van der Waals surface area contributed by atoms with Gasteiger partial charge in [0.2, 0.25) is 0 Å². The van der Waals surface area contributed by atoms with Gasteiger partial charge in [-0.25, -0.2) is 10.2 Å². The number of hydrazone groups is 1. The number of nitrogens with one attached hydrogen (secondary N) is 3. The minimum absolute atomic E-state index is 0.226. The third kappa shape index (κ3) is 7.05. The third-order valence-corrected chi connectivity index (χ3v) is 7.02. The van der Waals surface area contributed by atoms with Crippen LogP contribution in [0.3, 0.4) is 0 Å². The van der Waals surface area contributed by atoms with Gasteiger partial charge < -0.3 is 24.5 Å². The number of carbonyl (C=O) groups is 2.